The van der Waals surface area contributed by atoms with E-state index in [1.54, 1.807) is 0 Å². The van der Waals surface area contributed by atoms with Crippen molar-refractivity contribution in [2.24, 2.45) is 0 Å². The highest BCUT2D eigenvalue weighted by Crippen LogP contribution is 1.97. The highest BCUT2D eigenvalue weighted by atomic mass is 32.1. The molecule has 0 aliphatic carbocycles. The lowest BCUT2D eigenvalue weighted by molar-refractivity contribution is 0.667. The molecule has 0 N–H and O–H groups in total. The minimum Gasteiger partial charge on any atom is -0.271 e. The Morgan fingerprint density at radius 2 is 2.43 bits per heavy atom. The summed E-state index contributed by atoms with van der Waals surface area (Å²) in [6, 6.07) is 0. The number of aromatic nitrogens is 2. The summed E-state index contributed by atoms with van der Waals surface area (Å²) in [7, 11) is 0. The van der Waals surface area contributed by atoms with E-state index in [1.165, 1.54) is 12.8 Å². The summed E-state index contributed by atoms with van der Waals surface area (Å²) in [5, 5.41) is 4.17. The predicted octanol–water partition coefficient (Wildman–Crippen LogP) is 2.35. The van der Waals surface area contributed by atoms with Crippen LogP contribution in [0.25, 0.3) is 0 Å². The molecule has 0 fully saturated rings. The summed E-state index contributed by atoms with van der Waals surface area (Å²) >= 11 is 4.14. The monoisotopic (exact) mass is 208 g/mol. The SMILES string of the molecule is CCCCC#Cc1cnn(CCS)c1. The third-order valence-electron chi connectivity index (χ3n) is 1.85. The van der Waals surface area contributed by atoms with Gasteiger partial charge in [-0.25, -0.2) is 0 Å². The molecular formula is C11H16N2S. The summed E-state index contributed by atoms with van der Waals surface area (Å²) in [6.45, 7) is 3.02. The van der Waals surface area contributed by atoms with E-state index in [0.29, 0.717) is 0 Å². The Balaban J connectivity index is 2.44. The molecule has 2 nitrogen and oxygen atoms in total. The third kappa shape index (κ3) is 3.89. The van der Waals surface area contributed by atoms with Gasteiger partial charge in [-0.2, -0.15) is 17.7 Å². The maximum atomic E-state index is 4.17. The van der Waals surface area contributed by atoms with E-state index in [-0.39, 0.29) is 0 Å². The number of nitrogens with zero attached hydrogens (tertiary/aromatic N) is 2. The molecule has 14 heavy (non-hydrogen) atoms. The average molecular weight is 208 g/mol. The summed E-state index contributed by atoms with van der Waals surface area (Å²) in [5.74, 6) is 7.05. The lowest BCUT2D eigenvalue weighted by Gasteiger charge is -1.92. The molecule has 76 valence electrons. The Kier molecular flexibility index (Phi) is 5.24. The van der Waals surface area contributed by atoms with E-state index in [0.717, 1.165) is 24.3 Å². The Labute approximate surface area is 91.1 Å². The second-order valence-electron chi connectivity index (χ2n) is 3.12. The van der Waals surface area contributed by atoms with E-state index in [9.17, 15) is 0 Å². The fraction of sp³-hybridized carbons (Fsp3) is 0.545. The zero-order valence-electron chi connectivity index (χ0n) is 8.53. The van der Waals surface area contributed by atoms with Gasteiger partial charge in [0.15, 0.2) is 0 Å². The highest BCUT2D eigenvalue weighted by molar-refractivity contribution is 7.80. The van der Waals surface area contributed by atoms with Gasteiger partial charge in [0, 0.05) is 24.9 Å². The van der Waals surface area contributed by atoms with Crippen molar-refractivity contribution < 1.29 is 0 Å². The van der Waals surface area contributed by atoms with Crippen molar-refractivity contribution in [3.8, 4) is 11.8 Å². The summed E-state index contributed by atoms with van der Waals surface area (Å²) < 4.78 is 1.87. The number of hydrogen-bond acceptors (Lipinski definition) is 2. The first kappa shape index (κ1) is 11.2. The van der Waals surface area contributed by atoms with Crippen LogP contribution in [0.1, 0.15) is 31.7 Å². The fourth-order valence-corrected chi connectivity index (χ4v) is 1.29. The largest absolute Gasteiger partial charge is 0.271 e. The minimum absolute atomic E-state index is 0.810. The van der Waals surface area contributed by atoms with E-state index in [2.05, 4.69) is 36.5 Å². The van der Waals surface area contributed by atoms with Crippen molar-refractivity contribution in [3.63, 3.8) is 0 Å². The minimum atomic E-state index is 0.810. The number of rotatable bonds is 4. The van der Waals surface area contributed by atoms with Crippen molar-refractivity contribution >= 4 is 12.6 Å². The number of unbranched alkanes of at least 4 members (excludes halogenated alkanes) is 2. The lowest BCUT2D eigenvalue weighted by atomic mass is 10.2. The van der Waals surface area contributed by atoms with Crippen LogP contribution in [0.2, 0.25) is 0 Å². The van der Waals surface area contributed by atoms with Crippen LogP contribution in [0.15, 0.2) is 12.4 Å². The zero-order chi connectivity index (χ0) is 10.2. The first-order valence-electron chi connectivity index (χ1n) is 4.99. The van der Waals surface area contributed by atoms with Gasteiger partial charge in [0.25, 0.3) is 0 Å². The second kappa shape index (κ2) is 6.56. The molecule has 0 unspecified atom stereocenters. The number of hydrogen-bond donors (Lipinski definition) is 1. The first-order valence-corrected chi connectivity index (χ1v) is 5.62. The van der Waals surface area contributed by atoms with E-state index in [4.69, 9.17) is 0 Å². The highest BCUT2D eigenvalue weighted by Gasteiger charge is 1.92. The van der Waals surface area contributed by atoms with Gasteiger partial charge in [-0.1, -0.05) is 25.2 Å². The van der Waals surface area contributed by atoms with Crippen molar-refractivity contribution in [1.29, 1.82) is 0 Å². The van der Waals surface area contributed by atoms with Crippen molar-refractivity contribution in [2.75, 3.05) is 5.75 Å². The van der Waals surface area contributed by atoms with Gasteiger partial charge in [0.2, 0.25) is 0 Å². The molecule has 0 spiro atoms. The predicted molar refractivity (Wildman–Crippen MR) is 62.5 cm³/mol. The summed E-state index contributed by atoms with van der Waals surface area (Å²) in [6.07, 6.45) is 7.14. The van der Waals surface area contributed by atoms with Crippen LogP contribution in [0, 0.1) is 11.8 Å². The lowest BCUT2D eigenvalue weighted by Crippen LogP contribution is -1.98. The molecule has 0 radical (unpaired) electrons. The maximum absolute atomic E-state index is 4.17. The van der Waals surface area contributed by atoms with E-state index in [1.807, 2.05) is 17.1 Å². The zero-order valence-corrected chi connectivity index (χ0v) is 9.43. The molecule has 0 amide bonds. The molecule has 1 rings (SSSR count). The molecule has 1 aromatic heterocycles. The van der Waals surface area contributed by atoms with E-state index >= 15 is 0 Å². The Bertz CT molecular complexity index is 320. The molecule has 0 saturated heterocycles. The van der Waals surface area contributed by atoms with Crippen LogP contribution in [0.4, 0.5) is 0 Å². The molecule has 3 heteroatoms. The molecule has 1 heterocycles. The van der Waals surface area contributed by atoms with Gasteiger partial charge in [-0.15, -0.1) is 0 Å². The van der Waals surface area contributed by atoms with Crippen LogP contribution in [-0.2, 0) is 6.54 Å². The molecule has 0 aliphatic heterocycles. The standard InChI is InChI=1S/C11H16N2S/c1-2-3-4-5-6-11-9-12-13(10-11)7-8-14/h9-10,14H,2-4,7-8H2,1H3. The topological polar surface area (TPSA) is 17.8 Å². The van der Waals surface area contributed by atoms with Gasteiger partial charge < -0.3 is 0 Å². The summed E-state index contributed by atoms with van der Waals surface area (Å²) in [5.41, 5.74) is 1.00. The van der Waals surface area contributed by atoms with Crippen LogP contribution in [-0.4, -0.2) is 15.5 Å². The first-order chi connectivity index (χ1) is 6.86. The molecule has 0 atom stereocenters. The summed E-state index contributed by atoms with van der Waals surface area (Å²) in [4.78, 5) is 0. The molecule has 1 aromatic rings. The Hall–Kier alpha value is -0.880. The maximum Gasteiger partial charge on any atom is 0.0646 e. The van der Waals surface area contributed by atoms with Crippen molar-refractivity contribution in [3.05, 3.63) is 18.0 Å². The van der Waals surface area contributed by atoms with E-state index < -0.39 is 0 Å². The number of aryl methyl sites for hydroxylation is 1. The molecule has 0 saturated carbocycles. The molecule has 0 aromatic carbocycles. The third-order valence-corrected chi connectivity index (χ3v) is 2.05. The van der Waals surface area contributed by atoms with Crippen LogP contribution >= 0.6 is 12.6 Å². The molecule has 0 bridgehead atoms. The van der Waals surface area contributed by atoms with Gasteiger partial charge >= 0.3 is 0 Å². The number of thiol groups is 1. The van der Waals surface area contributed by atoms with Crippen molar-refractivity contribution in [2.45, 2.75) is 32.7 Å². The average Bonchev–Trinajstić information content (AvgIpc) is 2.61. The Morgan fingerprint density at radius 1 is 1.57 bits per heavy atom. The van der Waals surface area contributed by atoms with Crippen molar-refractivity contribution in [1.82, 2.24) is 9.78 Å². The van der Waals surface area contributed by atoms with Gasteiger partial charge in [-0.3, -0.25) is 4.68 Å². The van der Waals surface area contributed by atoms with Gasteiger partial charge in [0.1, 0.15) is 0 Å². The quantitative estimate of drug-likeness (QED) is 0.457. The Morgan fingerprint density at radius 3 is 3.14 bits per heavy atom. The van der Waals surface area contributed by atoms with Crippen LogP contribution in [0.5, 0.6) is 0 Å². The van der Waals surface area contributed by atoms with Gasteiger partial charge in [0.05, 0.1) is 11.8 Å². The normalized spacial score (nSPS) is 9.57. The van der Waals surface area contributed by atoms with Crippen LogP contribution in [0.3, 0.4) is 0 Å². The molecular weight excluding hydrogens is 192 g/mol. The molecule has 0 aliphatic rings. The fourth-order valence-electron chi connectivity index (χ4n) is 1.08. The van der Waals surface area contributed by atoms with Crippen LogP contribution < -0.4 is 0 Å². The smallest absolute Gasteiger partial charge is 0.0646 e. The van der Waals surface area contributed by atoms with Gasteiger partial charge in [-0.05, 0) is 6.42 Å². The second-order valence-corrected chi connectivity index (χ2v) is 3.57.